The third kappa shape index (κ3) is 26.2. The first kappa shape index (κ1) is 110. The van der Waals surface area contributed by atoms with Crippen LogP contribution in [-0.4, -0.2) is 534 Å². The summed E-state index contributed by atoms with van der Waals surface area (Å²) in [5.74, 6) is -5.25. The Balaban J connectivity index is 1.07. The van der Waals surface area contributed by atoms with Gasteiger partial charge in [-0.05, 0) is 19.1 Å². The van der Waals surface area contributed by atoms with Crippen molar-refractivity contribution in [2.75, 3.05) is 71.3 Å². The number of nitrogens with zero attached hydrogens (tertiary/aromatic N) is 1. The lowest BCUT2D eigenvalue weighted by Gasteiger charge is -2.51. The van der Waals surface area contributed by atoms with Crippen molar-refractivity contribution in [3.63, 3.8) is 0 Å². The normalized spacial score (nSPS) is 43.7. The van der Waals surface area contributed by atoms with Crippen LogP contribution in [0.5, 0.6) is 0 Å². The highest BCUT2D eigenvalue weighted by Crippen LogP contribution is 2.41. The van der Waals surface area contributed by atoms with Gasteiger partial charge in [-0.3, -0.25) is 28.8 Å². The van der Waals surface area contributed by atoms with Gasteiger partial charge in [-0.1, -0.05) is 6.07 Å². The minimum atomic E-state index is -2.72. The zero-order chi connectivity index (χ0) is 98.6. The predicted molar refractivity (Wildman–Crippen MR) is 426 cm³/mol. The Morgan fingerprint density at radius 1 is 0.343 bits per heavy atom. The fraction of sp³-hybridized carbons (Fsp3) is 0.857. The SMILES string of the molecule is CC(=O)N[C@H]1[C@H](O[C@@H]([C@H](O)[C@H](CNc2ccccn2)NC(C)=O)[C@H](O)CO[C@@H]2O[C@@H](C)[C@@H](O)[C@@H](O)[C@@H]2O)O[C@H](CO)[C@@H](O[C@@H]2O[C@H](CO[C@H]3O[C@H](CO[C@@H]4O[C@H](CO)[C@@H](O)[C@H](O)[C@H]4NC(C)=O)[C@@H](O)[C@H](O)[C@@H]3O[C@@H]3O[C@H](CO)[C@@H](O)[C@H](O)[C@H]3NC(C)=O)[C@@H](O)[C@H](O[C@H]3O[C@H](CO)[C@@H](O[C@@H]4O[C@H](CO)[C@@H](O)[C@H](O)[C@H]4NC(C)=O)[C@H](O)[C@@H]3O[C@@H]3O[C@H](CO)[C@@H](O)[C@H](O)[C@H]3NC(C)=O)[C@@H]2O)[C@@H]1O. The standard InChI is InChI=1S/C77H126N8O49/c1-22-45(99)58(112)60(114)74(120-22)117-19-30(98)63(46(100)29(80-23(2)92)12-79-39-10-8-9-11-78-39)129-73-44(85-28(7)97)57(111)64(35(17-90)125-73)131-75-62(116)66(132-77-68(134-72-43(84-27(6)96)56(110)50(104)34(16-89)124-72)61(115)65(36(18-91)126-77)130-70-41(82-25(4)94)54(108)48(102)32(14-87)122-70)52(106)38(127-75)21-119-76-67(133-71-42(83-26(5)95)55(109)49(103)33(15-88)123-71)59(113)51(105)37(128-76)20-118-69-40(81-24(3)93)53(107)47(101)31(13-86)121-69/h8-11,22,29-38,40-77,86-91,98-116H,12-21H2,1-7H3,(H,78,79)(H,80,92)(H,81,93)(H,82,94)(H,83,95)(H,84,96)(H,85,97)/t22-,29-,30+,31+,32+,33+,34+,35+,36+,37+,38+,40+,41+,42+,43+,44+,45+,46+,47+,48+,49+,50+,51+,52+,53+,54+,55+,56+,57+,58+,59-,60-,61-,62-,63+,64+,65+,66-,67-,68-,69+,70-,71-,72-,73-,74+,75-,76-,77+/m0/s1. The summed E-state index contributed by atoms with van der Waals surface area (Å²) in [5.41, 5.74) is 0. The molecule has 57 nitrogen and oxygen atoms in total. The molecule has 134 heavy (non-hydrogen) atoms. The molecule has 0 radical (unpaired) electrons. The monoisotopic (exact) mass is 1950 g/mol. The molecule has 9 fully saturated rings. The molecule has 768 valence electrons. The largest absolute Gasteiger partial charge is 0.394 e. The number of aliphatic hydroxyl groups excluding tert-OH is 25. The van der Waals surface area contributed by atoms with E-state index in [1.165, 1.54) is 19.2 Å². The molecule has 0 saturated carbocycles. The highest BCUT2D eigenvalue weighted by atomic mass is 16.8. The molecule has 0 bridgehead atoms. The highest BCUT2D eigenvalue weighted by Gasteiger charge is 2.61. The van der Waals surface area contributed by atoms with Crippen molar-refractivity contribution in [1.29, 1.82) is 0 Å². The number of rotatable bonds is 39. The molecule has 6 amide bonds. The minimum Gasteiger partial charge on any atom is -0.394 e. The van der Waals surface area contributed by atoms with Crippen molar-refractivity contribution in [3.8, 4) is 0 Å². The van der Waals surface area contributed by atoms with E-state index >= 15 is 0 Å². The maximum atomic E-state index is 13.6. The van der Waals surface area contributed by atoms with E-state index in [0.717, 1.165) is 41.5 Å². The van der Waals surface area contributed by atoms with E-state index in [2.05, 4.69) is 42.2 Å². The Morgan fingerprint density at radius 3 is 1.16 bits per heavy atom. The van der Waals surface area contributed by atoms with E-state index in [0.29, 0.717) is 0 Å². The summed E-state index contributed by atoms with van der Waals surface area (Å²) in [6.45, 7) is -3.59. The number of ether oxygens (including phenoxy) is 18. The number of anilines is 1. The van der Waals surface area contributed by atoms with E-state index < -0.39 is 402 Å². The third-order valence-corrected chi connectivity index (χ3v) is 23.8. The van der Waals surface area contributed by atoms with Crippen LogP contribution in [0.3, 0.4) is 0 Å². The molecule has 0 unspecified atom stereocenters. The molecule has 1 aromatic heterocycles. The van der Waals surface area contributed by atoms with Gasteiger partial charge in [-0.15, -0.1) is 0 Å². The first-order valence-electron chi connectivity index (χ1n) is 42.9. The van der Waals surface area contributed by atoms with Gasteiger partial charge in [0, 0.05) is 54.3 Å². The Labute approximate surface area is 762 Å². The number of amides is 6. The van der Waals surface area contributed by atoms with Crippen LogP contribution in [0.1, 0.15) is 48.5 Å². The summed E-state index contributed by atoms with van der Waals surface area (Å²) in [6.07, 6.45) is -90.5. The van der Waals surface area contributed by atoms with Gasteiger partial charge in [0.25, 0.3) is 0 Å². The summed E-state index contributed by atoms with van der Waals surface area (Å²) in [4.78, 5) is 81.6. The molecule has 1 aromatic rings. The van der Waals surface area contributed by atoms with E-state index in [1.807, 2.05) is 0 Å². The van der Waals surface area contributed by atoms with Crippen LogP contribution in [0.25, 0.3) is 0 Å². The van der Waals surface area contributed by atoms with Crippen LogP contribution in [-0.2, 0) is 114 Å². The number of carbonyl (C=O) groups excluding carboxylic acids is 6. The first-order chi connectivity index (χ1) is 63.4. The highest BCUT2D eigenvalue weighted by molar-refractivity contribution is 5.75. The Bertz CT molecular complexity index is 3850. The molecule has 9 saturated heterocycles. The number of pyridine rings is 1. The van der Waals surface area contributed by atoms with Gasteiger partial charge in [0.05, 0.1) is 71.6 Å². The molecule has 32 N–H and O–H groups in total. The van der Waals surface area contributed by atoms with Crippen LogP contribution in [0.15, 0.2) is 24.4 Å². The van der Waals surface area contributed by atoms with Crippen molar-refractivity contribution in [1.82, 2.24) is 36.9 Å². The fourth-order valence-electron chi connectivity index (χ4n) is 16.8. The average Bonchev–Trinajstić information content (AvgIpc) is 0.750. The maximum Gasteiger partial charge on any atom is 0.217 e. The topological polar surface area (TPSA) is 871 Å². The van der Waals surface area contributed by atoms with Crippen LogP contribution in [0, 0.1) is 0 Å². The predicted octanol–water partition coefficient (Wildman–Crippen LogP) is -19.8. The second-order valence-corrected chi connectivity index (χ2v) is 33.7. The summed E-state index contributed by atoms with van der Waals surface area (Å²) >= 11 is 0. The van der Waals surface area contributed by atoms with E-state index in [-0.39, 0.29) is 5.82 Å². The van der Waals surface area contributed by atoms with Gasteiger partial charge in [-0.25, -0.2) is 4.98 Å². The maximum absolute atomic E-state index is 13.6. The Morgan fingerprint density at radius 2 is 0.716 bits per heavy atom. The molecule has 0 aliphatic carbocycles. The summed E-state index contributed by atoms with van der Waals surface area (Å²) in [6, 6.07) is -6.35. The first-order valence-corrected chi connectivity index (χ1v) is 42.9. The fourth-order valence-corrected chi connectivity index (χ4v) is 16.8. The van der Waals surface area contributed by atoms with E-state index in [4.69, 9.17) is 85.3 Å². The number of aliphatic hydroxyl groups is 25. The number of hydrogen-bond donors (Lipinski definition) is 32. The van der Waals surface area contributed by atoms with Crippen molar-refractivity contribution in [2.24, 2.45) is 0 Å². The lowest BCUT2D eigenvalue weighted by Crippen LogP contribution is -2.71. The van der Waals surface area contributed by atoms with Crippen LogP contribution >= 0.6 is 0 Å². The molecule has 9 aliphatic rings. The average molecular weight is 1950 g/mol. The number of nitrogens with one attached hydrogen (secondary N) is 7. The van der Waals surface area contributed by atoms with Crippen LogP contribution in [0.2, 0.25) is 0 Å². The van der Waals surface area contributed by atoms with Crippen LogP contribution in [0.4, 0.5) is 5.82 Å². The molecular formula is C77H126N8O49. The zero-order valence-electron chi connectivity index (χ0n) is 73.1. The number of aromatic nitrogens is 1. The van der Waals surface area contributed by atoms with E-state index in [1.54, 1.807) is 12.1 Å². The van der Waals surface area contributed by atoms with Crippen molar-refractivity contribution in [2.45, 2.75) is 349 Å². The molecule has 57 heteroatoms. The third-order valence-electron chi connectivity index (χ3n) is 23.8. The lowest BCUT2D eigenvalue weighted by atomic mass is 9.94. The van der Waals surface area contributed by atoms with Gasteiger partial charge < -0.3 is 250 Å². The second kappa shape index (κ2) is 49.4. The smallest absolute Gasteiger partial charge is 0.217 e. The number of hydrogen-bond acceptors (Lipinski definition) is 51. The van der Waals surface area contributed by atoms with Gasteiger partial charge in [0.2, 0.25) is 35.4 Å². The van der Waals surface area contributed by atoms with Gasteiger partial charge >= 0.3 is 0 Å². The molecule has 10 heterocycles. The zero-order valence-corrected chi connectivity index (χ0v) is 73.1. The lowest BCUT2D eigenvalue weighted by molar-refractivity contribution is -0.402. The summed E-state index contributed by atoms with van der Waals surface area (Å²) < 4.78 is 110. The summed E-state index contributed by atoms with van der Waals surface area (Å²) in [7, 11) is 0. The van der Waals surface area contributed by atoms with Crippen LogP contribution < -0.4 is 37.2 Å². The molecule has 49 atom stereocenters. The molecule has 9 aliphatic heterocycles. The van der Waals surface area contributed by atoms with Crippen molar-refractivity contribution >= 4 is 41.3 Å². The Kier molecular flexibility index (Phi) is 40.6. The number of carbonyl (C=O) groups is 6. The minimum absolute atomic E-state index is 0.179. The summed E-state index contributed by atoms with van der Waals surface area (Å²) in [5, 5.41) is 304. The van der Waals surface area contributed by atoms with Gasteiger partial charge in [-0.2, -0.15) is 0 Å². The molecule has 10 rings (SSSR count). The quantitative estimate of drug-likeness (QED) is 0.0291. The van der Waals surface area contributed by atoms with Crippen molar-refractivity contribution < 1.29 is 242 Å². The van der Waals surface area contributed by atoms with Gasteiger partial charge in [0.15, 0.2) is 56.6 Å². The van der Waals surface area contributed by atoms with Crippen molar-refractivity contribution in [3.05, 3.63) is 24.4 Å². The molecule has 0 spiro atoms. The molecular weight excluding hydrogens is 1820 g/mol. The second-order valence-electron chi connectivity index (χ2n) is 33.7. The Hall–Kier alpha value is -5.95. The van der Waals surface area contributed by atoms with E-state index in [9.17, 15) is 156 Å². The molecule has 0 aromatic carbocycles. The van der Waals surface area contributed by atoms with Gasteiger partial charge in [0.1, 0.15) is 237 Å².